The zero-order chi connectivity index (χ0) is 30.2. The maximum absolute atomic E-state index is 13.9. The van der Waals surface area contributed by atoms with Crippen molar-refractivity contribution in [3.63, 3.8) is 0 Å². The van der Waals surface area contributed by atoms with Crippen molar-refractivity contribution in [2.24, 2.45) is 0 Å². The molecule has 7 nitrogen and oxygen atoms in total. The van der Waals surface area contributed by atoms with Gasteiger partial charge in [0.2, 0.25) is 21.8 Å². The number of nitrogens with one attached hydrogen (secondary N) is 1. The molecule has 3 aromatic rings. The summed E-state index contributed by atoms with van der Waals surface area (Å²) < 4.78 is 27.6. The molecular formula is C32H40BrN3O4S. The number of benzene rings is 3. The normalized spacial score (nSPS) is 12.2. The quantitative estimate of drug-likeness (QED) is 0.256. The van der Waals surface area contributed by atoms with Gasteiger partial charge in [-0.05, 0) is 80.6 Å². The number of nitrogens with zero attached hydrogens (tertiary/aromatic N) is 2. The van der Waals surface area contributed by atoms with Crippen molar-refractivity contribution < 1.29 is 18.0 Å². The average Bonchev–Trinajstić information content (AvgIpc) is 2.89. The Bertz CT molecular complexity index is 1440. The van der Waals surface area contributed by atoms with Gasteiger partial charge in [-0.2, -0.15) is 0 Å². The van der Waals surface area contributed by atoms with Crippen molar-refractivity contribution in [1.82, 2.24) is 10.2 Å². The van der Waals surface area contributed by atoms with Gasteiger partial charge in [0.15, 0.2) is 0 Å². The van der Waals surface area contributed by atoms with Crippen molar-refractivity contribution in [1.29, 1.82) is 0 Å². The molecule has 0 aliphatic carbocycles. The third kappa shape index (κ3) is 9.71. The number of rotatable bonds is 13. The van der Waals surface area contributed by atoms with E-state index < -0.39 is 16.1 Å². The van der Waals surface area contributed by atoms with Crippen LogP contribution in [0.1, 0.15) is 48.9 Å². The monoisotopic (exact) mass is 641 g/mol. The minimum Gasteiger partial charge on any atom is -0.352 e. The molecule has 3 rings (SSSR count). The Morgan fingerprint density at radius 3 is 2.20 bits per heavy atom. The number of hydrogen-bond acceptors (Lipinski definition) is 4. The molecule has 0 aliphatic heterocycles. The second kappa shape index (κ2) is 14.6. The van der Waals surface area contributed by atoms with E-state index in [-0.39, 0.29) is 37.4 Å². The zero-order valence-corrected chi connectivity index (χ0v) is 26.8. The molecule has 0 bridgehead atoms. The fraction of sp³-hybridized carbons (Fsp3) is 0.375. The molecule has 41 heavy (non-hydrogen) atoms. The Morgan fingerprint density at radius 1 is 0.902 bits per heavy atom. The van der Waals surface area contributed by atoms with Crippen LogP contribution in [-0.4, -0.2) is 50.0 Å². The Hall–Kier alpha value is -3.17. The molecule has 0 aromatic heterocycles. The highest BCUT2D eigenvalue weighted by Gasteiger charge is 2.31. The fourth-order valence-corrected chi connectivity index (χ4v) is 6.06. The molecule has 0 fully saturated rings. The second-order valence-electron chi connectivity index (χ2n) is 10.7. The fourth-order valence-electron chi connectivity index (χ4n) is 4.65. The molecule has 9 heteroatoms. The predicted octanol–water partition coefficient (Wildman–Crippen LogP) is 5.78. The van der Waals surface area contributed by atoms with E-state index in [4.69, 9.17) is 0 Å². The highest BCUT2D eigenvalue weighted by molar-refractivity contribution is 9.10. The number of aryl methyl sites for hydroxylation is 2. The lowest BCUT2D eigenvalue weighted by Gasteiger charge is -2.32. The third-order valence-electron chi connectivity index (χ3n) is 6.87. The molecule has 220 valence electrons. The van der Waals surface area contributed by atoms with Gasteiger partial charge in [0, 0.05) is 36.4 Å². The van der Waals surface area contributed by atoms with Crippen LogP contribution in [0.4, 0.5) is 5.69 Å². The van der Waals surface area contributed by atoms with Crippen molar-refractivity contribution in [2.75, 3.05) is 17.1 Å². The summed E-state index contributed by atoms with van der Waals surface area (Å²) in [7, 11) is -3.56. The van der Waals surface area contributed by atoms with E-state index in [0.29, 0.717) is 18.5 Å². The van der Waals surface area contributed by atoms with Gasteiger partial charge in [0.25, 0.3) is 0 Å². The van der Waals surface area contributed by atoms with Crippen LogP contribution >= 0.6 is 15.9 Å². The van der Waals surface area contributed by atoms with Gasteiger partial charge in [-0.3, -0.25) is 13.9 Å². The molecule has 0 spiro atoms. The Balaban J connectivity index is 1.89. The molecule has 1 atom stereocenters. The van der Waals surface area contributed by atoms with Crippen molar-refractivity contribution in [3.8, 4) is 0 Å². The van der Waals surface area contributed by atoms with Crippen LogP contribution in [0.3, 0.4) is 0 Å². The van der Waals surface area contributed by atoms with Gasteiger partial charge in [-0.1, -0.05) is 64.5 Å². The maximum Gasteiger partial charge on any atom is 0.243 e. The van der Waals surface area contributed by atoms with Crippen LogP contribution in [0.15, 0.2) is 77.3 Å². The molecule has 2 amide bonds. The van der Waals surface area contributed by atoms with E-state index in [1.807, 2.05) is 94.4 Å². The number of anilines is 1. The molecular weight excluding hydrogens is 602 g/mol. The lowest BCUT2D eigenvalue weighted by atomic mass is 10.0. The van der Waals surface area contributed by atoms with Crippen LogP contribution in [0, 0.1) is 13.8 Å². The molecule has 0 radical (unpaired) electrons. The van der Waals surface area contributed by atoms with E-state index in [9.17, 15) is 18.0 Å². The van der Waals surface area contributed by atoms with E-state index in [2.05, 4.69) is 21.2 Å². The standard InChI is InChI=1S/C32H40BrN3O4S/c1-23(2)34-32(38)30(21-26-11-7-6-8-12-26)35(22-27-13-9-14-28(33)20-27)31(37)15-10-18-36(41(5,39)40)29-17-16-24(3)25(4)19-29/h6-9,11-14,16-17,19-20,23,30H,10,15,18,21-22H2,1-5H3,(H,34,38)/t30-/m0/s1. The molecule has 0 heterocycles. The summed E-state index contributed by atoms with van der Waals surface area (Å²) in [4.78, 5) is 29.0. The number of carbonyl (C=O) groups excluding carboxylic acids is 2. The van der Waals surface area contributed by atoms with Gasteiger partial charge in [-0.15, -0.1) is 0 Å². The summed E-state index contributed by atoms with van der Waals surface area (Å²) in [5, 5.41) is 2.99. The lowest BCUT2D eigenvalue weighted by Crippen LogP contribution is -2.51. The lowest BCUT2D eigenvalue weighted by molar-refractivity contribution is -0.141. The minimum absolute atomic E-state index is 0.0884. The minimum atomic E-state index is -3.56. The number of amides is 2. The second-order valence-corrected chi connectivity index (χ2v) is 13.6. The first-order valence-corrected chi connectivity index (χ1v) is 16.4. The van der Waals surface area contributed by atoms with Gasteiger partial charge in [-0.25, -0.2) is 8.42 Å². The van der Waals surface area contributed by atoms with Crippen LogP contribution in [0.5, 0.6) is 0 Å². The summed E-state index contributed by atoms with van der Waals surface area (Å²) in [5.74, 6) is -0.432. The van der Waals surface area contributed by atoms with Crippen molar-refractivity contribution in [2.45, 2.75) is 65.6 Å². The number of carbonyl (C=O) groups is 2. The third-order valence-corrected chi connectivity index (χ3v) is 8.56. The van der Waals surface area contributed by atoms with Crippen LogP contribution < -0.4 is 9.62 Å². The summed E-state index contributed by atoms with van der Waals surface area (Å²) in [6.45, 7) is 8.10. The number of hydrogen-bond donors (Lipinski definition) is 1. The Labute approximate surface area is 253 Å². The summed E-state index contributed by atoms with van der Waals surface area (Å²) in [5.41, 5.74) is 4.47. The van der Waals surface area contributed by atoms with Crippen LogP contribution in [0.25, 0.3) is 0 Å². The highest BCUT2D eigenvalue weighted by atomic mass is 79.9. The highest BCUT2D eigenvalue weighted by Crippen LogP contribution is 2.23. The molecule has 3 aromatic carbocycles. The average molecular weight is 643 g/mol. The summed E-state index contributed by atoms with van der Waals surface area (Å²) in [6, 6.07) is 22.0. The van der Waals surface area contributed by atoms with Gasteiger partial charge < -0.3 is 10.2 Å². The van der Waals surface area contributed by atoms with E-state index in [1.54, 1.807) is 11.0 Å². The molecule has 0 saturated heterocycles. The van der Waals surface area contributed by atoms with Gasteiger partial charge in [0.1, 0.15) is 6.04 Å². The first kappa shape index (κ1) is 32.3. The Kier molecular flexibility index (Phi) is 11.5. The molecule has 0 unspecified atom stereocenters. The van der Waals surface area contributed by atoms with Gasteiger partial charge in [0.05, 0.1) is 11.9 Å². The van der Waals surface area contributed by atoms with E-state index in [0.717, 1.165) is 26.7 Å². The summed E-state index contributed by atoms with van der Waals surface area (Å²) >= 11 is 3.50. The summed E-state index contributed by atoms with van der Waals surface area (Å²) in [6.07, 6.45) is 1.93. The first-order valence-electron chi connectivity index (χ1n) is 13.8. The maximum atomic E-state index is 13.9. The Morgan fingerprint density at radius 2 is 1.59 bits per heavy atom. The van der Waals surface area contributed by atoms with E-state index >= 15 is 0 Å². The van der Waals surface area contributed by atoms with E-state index in [1.165, 1.54) is 10.6 Å². The molecule has 0 aliphatic rings. The van der Waals surface area contributed by atoms with Crippen LogP contribution in [-0.2, 0) is 32.6 Å². The van der Waals surface area contributed by atoms with Crippen LogP contribution in [0.2, 0.25) is 0 Å². The topological polar surface area (TPSA) is 86.8 Å². The zero-order valence-electron chi connectivity index (χ0n) is 24.4. The van der Waals surface area contributed by atoms with Crippen molar-refractivity contribution in [3.05, 3.63) is 99.5 Å². The SMILES string of the molecule is Cc1ccc(N(CCCC(=O)N(Cc2cccc(Br)c2)[C@@H](Cc2ccccc2)C(=O)NC(C)C)S(C)(=O)=O)cc1C. The number of halogens is 1. The first-order chi connectivity index (χ1) is 19.3. The van der Waals surface area contributed by atoms with Crippen molar-refractivity contribution >= 4 is 43.5 Å². The predicted molar refractivity (Wildman–Crippen MR) is 169 cm³/mol. The molecule has 0 saturated carbocycles. The largest absolute Gasteiger partial charge is 0.352 e. The van der Waals surface area contributed by atoms with Gasteiger partial charge >= 0.3 is 0 Å². The number of sulfonamides is 1. The smallest absolute Gasteiger partial charge is 0.243 e. The molecule has 1 N–H and O–H groups in total.